The number of hydrogen-bond acceptors (Lipinski definition) is 4. The number of aliphatic hydroxyl groups excluding tert-OH is 2. The first-order chi connectivity index (χ1) is 8.73. The van der Waals surface area contributed by atoms with Crippen LogP contribution < -0.4 is 0 Å². The van der Waals surface area contributed by atoms with E-state index in [9.17, 15) is 10.2 Å². The van der Waals surface area contributed by atoms with E-state index in [1.165, 1.54) is 0 Å². The number of hydrogen-bond donors (Lipinski definition) is 2. The maximum absolute atomic E-state index is 10.6. The Hall–Kier alpha value is -0.160. The van der Waals surface area contributed by atoms with E-state index in [1.54, 1.807) is 0 Å². The van der Waals surface area contributed by atoms with Gasteiger partial charge < -0.3 is 19.7 Å². The highest BCUT2D eigenvalue weighted by Crippen LogP contribution is 2.43. The van der Waals surface area contributed by atoms with Crippen LogP contribution in [0, 0.1) is 11.8 Å². The van der Waals surface area contributed by atoms with E-state index in [2.05, 4.69) is 6.92 Å². The molecule has 106 valence electrons. The molecule has 18 heavy (non-hydrogen) atoms. The van der Waals surface area contributed by atoms with Gasteiger partial charge in [0.15, 0.2) is 5.79 Å². The van der Waals surface area contributed by atoms with E-state index < -0.39 is 11.9 Å². The highest BCUT2D eigenvalue weighted by molar-refractivity contribution is 4.92. The molecule has 0 amide bonds. The van der Waals surface area contributed by atoms with Gasteiger partial charge in [-0.1, -0.05) is 19.8 Å². The molecule has 3 atom stereocenters. The van der Waals surface area contributed by atoms with Crippen molar-refractivity contribution in [2.45, 2.75) is 57.3 Å². The minimum absolute atomic E-state index is 0.0115. The zero-order valence-electron chi connectivity index (χ0n) is 11.3. The van der Waals surface area contributed by atoms with Crippen LogP contribution in [-0.4, -0.2) is 41.9 Å². The van der Waals surface area contributed by atoms with Crippen molar-refractivity contribution in [3.63, 3.8) is 0 Å². The fourth-order valence-electron chi connectivity index (χ4n) is 3.47. The van der Waals surface area contributed by atoms with Crippen molar-refractivity contribution in [3.8, 4) is 0 Å². The Labute approximate surface area is 109 Å². The molecule has 4 heteroatoms. The van der Waals surface area contributed by atoms with Gasteiger partial charge >= 0.3 is 0 Å². The molecule has 3 unspecified atom stereocenters. The monoisotopic (exact) mass is 258 g/mol. The lowest BCUT2D eigenvalue weighted by atomic mass is 9.75. The Morgan fingerprint density at radius 2 is 2.00 bits per heavy atom. The molecular formula is C14H26O4. The van der Waals surface area contributed by atoms with Gasteiger partial charge in [-0.05, 0) is 19.3 Å². The zero-order chi connectivity index (χ0) is 13.0. The van der Waals surface area contributed by atoms with Crippen LogP contribution in [0.4, 0.5) is 0 Å². The van der Waals surface area contributed by atoms with E-state index >= 15 is 0 Å². The minimum atomic E-state index is -0.571. The number of ether oxygens (including phenoxy) is 2. The third kappa shape index (κ3) is 2.72. The second-order valence-corrected chi connectivity index (χ2v) is 5.58. The molecule has 1 heterocycles. The van der Waals surface area contributed by atoms with Crippen molar-refractivity contribution in [1.82, 2.24) is 0 Å². The number of rotatable bonds is 5. The second kappa shape index (κ2) is 6.33. The molecule has 1 aliphatic heterocycles. The molecule has 1 spiro atoms. The highest BCUT2D eigenvalue weighted by atomic mass is 16.7. The van der Waals surface area contributed by atoms with Crippen molar-refractivity contribution in [1.29, 1.82) is 0 Å². The first-order valence-electron chi connectivity index (χ1n) is 7.30. The maximum atomic E-state index is 10.6. The summed E-state index contributed by atoms with van der Waals surface area (Å²) in [4.78, 5) is 0. The van der Waals surface area contributed by atoms with Crippen LogP contribution in [0.5, 0.6) is 0 Å². The summed E-state index contributed by atoms with van der Waals surface area (Å²) in [6.07, 6.45) is 5.32. The Kier molecular flexibility index (Phi) is 5.01. The predicted octanol–water partition coefficient (Wildman–Crippen LogP) is 1.69. The van der Waals surface area contributed by atoms with Gasteiger partial charge in [-0.15, -0.1) is 0 Å². The average molecular weight is 258 g/mol. The molecule has 2 N–H and O–H groups in total. The lowest BCUT2D eigenvalue weighted by Gasteiger charge is -2.43. The zero-order valence-corrected chi connectivity index (χ0v) is 11.3. The quantitative estimate of drug-likeness (QED) is 0.788. The van der Waals surface area contributed by atoms with Crippen molar-refractivity contribution in [2.75, 3.05) is 19.8 Å². The fraction of sp³-hybridized carbons (Fsp3) is 1.00. The van der Waals surface area contributed by atoms with Crippen molar-refractivity contribution in [3.05, 3.63) is 0 Å². The lowest BCUT2D eigenvalue weighted by molar-refractivity contribution is -0.239. The summed E-state index contributed by atoms with van der Waals surface area (Å²) in [6.45, 7) is 3.37. The summed E-state index contributed by atoms with van der Waals surface area (Å²) in [5.74, 6) is -0.612. The van der Waals surface area contributed by atoms with Crippen LogP contribution in [0.3, 0.4) is 0 Å². The SMILES string of the molecule is CCCC(CO)C(O)C1CCCCC12OCCO2. The van der Waals surface area contributed by atoms with E-state index in [0.29, 0.717) is 13.2 Å². The maximum Gasteiger partial charge on any atom is 0.173 e. The predicted molar refractivity (Wildman–Crippen MR) is 68.1 cm³/mol. The summed E-state index contributed by atoms with van der Waals surface area (Å²) in [5.41, 5.74) is 0. The van der Waals surface area contributed by atoms with Crippen LogP contribution in [0.25, 0.3) is 0 Å². The summed E-state index contributed by atoms with van der Waals surface area (Å²) >= 11 is 0. The molecule has 0 aromatic carbocycles. The standard InChI is InChI=1S/C14H26O4/c1-2-5-11(10-15)13(16)12-6-3-4-7-14(12)17-8-9-18-14/h11-13,15-16H,2-10H2,1H3. The smallest absolute Gasteiger partial charge is 0.173 e. The first-order valence-corrected chi connectivity index (χ1v) is 7.30. The molecule has 0 bridgehead atoms. The van der Waals surface area contributed by atoms with Crippen molar-refractivity contribution >= 4 is 0 Å². The molecule has 4 nitrogen and oxygen atoms in total. The third-order valence-corrected chi connectivity index (χ3v) is 4.42. The van der Waals surface area contributed by atoms with Crippen LogP contribution in [0.2, 0.25) is 0 Å². The van der Waals surface area contributed by atoms with E-state index in [-0.39, 0.29) is 18.4 Å². The first kappa shape index (κ1) is 14.3. The Balaban J connectivity index is 2.07. The van der Waals surface area contributed by atoms with Gasteiger partial charge in [-0.2, -0.15) is 0 Å². The molecule has 2 fully saturated rings. The molecule has 0 aromatic rings. The highest BCUT2D eigenvalue weighted by Gasteiger charge is 2.50. The van der Waals surface area contributed by atoms with Gasteiger partial charge in [-0.3, -0.25) is 0 Å². The van der Waals surface area contributed by atoms with Crippen molar-refractivity contribution < 1.29 is 19.7 Å². The molecular weight excluding hydrogens is 232 g/mol. The number of aliphatic hydroxyl groups is 2. The summed E-state index contributed by atoms with van der Waals surface area (Å²) < 4.78 is 11.6. The molecule has 0 aromatic heterocycles. The van der Waals surface area contributed by atoms with Crippen LogP contribution in [0.1, 0.15) is 45.4 Å². The van der Waals surface area contributed by atoms with Gasteiger partial charge in [0, 0.05) is 24.9 Å². The molecule has 2 rings (SSSR count). The van der Waals surface area contributed by atoms with Crippen molar-refractivity contribution in [2.24, 2.45) is 11.8 Å². The lowest BCUT2D eigenvalue weighted by Crippen LogP contribution is -2.50. The average Bonchev–Trinajstić information content (AvgIpc) is 2.84. The van der Waals surface area contributed by atoms with Crippen LogP contribution in [-0.2, 0) is 9.47 Å². The van der Waals surface area contributed by atoms with Crippen LogP contribution >= 0.6 is 0 Å². The summed E-state index contributed by atoms with van der Waals surface area (Å²) in [7, 11) is 0. The summed E-state index contributed by atoms with van der Waals surface area (Å²) in [6, 6.07) is 0. The molecule has 0 radical (unpaired) electrons. The van der Waals surface area contributed by atoms with E-state index in [4.69, 9.17) is 9.47 Å². The van der Waals surface area contributed by atoms with Gasteiger partial charge in [0.1, 0.15) is 0 Å². The molecule has 1 saturated heterocycles. The van der Waals surface area contributed by atoms with E-state index in [0.717, 1.165) is 38.5 Å². The third-order valence-electron chi connectivity index (χ3n) is 4.42. The Bertz CT molecular complexity index is 250. The second-order valence-electron chi connectivity index (χ2n) is 5.58. The fourth-order valence-corrected chi connectivity index (χ4v) is 3.47. The normalized spacial score (nSPS) is 30.5. The topological polar surface area (TPSA) is 58.9 Å². The molecule has 1 aliphatic carbocycles. The van der Waals surface area contributed by atoms with Crippen LogP contribution in [0.15, 0.2) is 0 Å². The van der Waals surface area contributed by atoms with Gasteiger partial charge in [0.2, 0.25) is 0 Å². The molecule has 2 aliphatic rings. The summed E-state index contributed by atoms with van der Waals surface area (Å²) in [5, 5.41) is 20.0. The Morgan fingerprint density at radius 1 is 1.28 bits per heavy atom. The van der Waals surface area contributed by atoms with Gasteiger partial charge in [0.25, 0.3) is 0 Å². The largest absolute Gasteiger partial charge is 0.396 e. The van der Waals surface area contributed by atoms with Gasteiger partial charge in [-0.25, -0.2) is 0 Å². The molecule has 1 saturated carbocycles. The minimum Gasteiger partial charge on any atom is -0.396 e. The Morgan fingerprint density at radius 3 is 2.61 bits per heavy atom. The van der Waals surface area contributed by atoms with Gasteiger partial charge in [0.05, 0.1) is 19.3 Å². The van der Waals surface area contributed by atoms with E-state index in [1.807, 2.05) is 0 Å².